The molecule has 1 aromatic heterocycles. The molecule has 7 heteroatoms. The monoisotopic (exact) mass is 280 g/mol. The second kappa shape index (κ2) is 4.82. The number of rotatable bonds is 3. The Hall–Kier alpha value is -2.02. The van der Waals surface area contributed by atoms with Crippen molar-refractivity contribution in [3.8, 4) is 0 Å². The van der Waals surface area contributed by atoms with Gasteiger partial charge in [0, 0.05) is 18.7 Å². The molecule has 3 rings (SSSR count). The lowest BCUT2D eigenvalue weighted by Gasteiger charge is -2.15. The average molecular weight is 280 g/mol. The standard InChI is InChI=1S/C13H14F2N4O/c14-13(15,10-4-2-1-3-5-10)9-19-12(20)18-7-6-16-8-11(18)17-19/h1-5,16H,6-9H2. The van der Waals surface area contributed by atoms with Crippen molar-refractivity contribution < 1.29 is 8.78 Å². The van der Waals surface area contributed by atoms with E-state index in [-0.39, 0.29) is 5.56 Å². The number of hydrogen-bond acceptors (Lipinski definition) is 3. The van der Waals surface area contributed by atoms with Gasteiger partial charge in [0.2, 0.25) is 0 Å². The highest BCUT2D eigenvalue weighted by atomic mass is 19.3. The second-order valence-corrected chi connectivity index (χ2v) is 4.76. The van der Waals surface area contributed by atoms with Crippen LogP contribution in [-0.2, 0) is 25.6 Å². The topological polar surface area (TPSA) is 51.9 Å². The molecule has 1 aliphatic heterocycles. The molecule has 0 radical (unpaired) electrons. The molecule has 0 amide bonds. The maximum Gasteiger partial charge on any atom is 0.346 e. The minimum Gasteiger partial charge on any atom is -0.308 e. The van der Waals surface area contributed by atoms with Crippen molar-refractivity contribution in [1.29, 1.82) is 0 Å². The normalized spacial score (nSPS) is 15.1. The Balaban J connectivity index is 1.92. The van der Waals surface area contributed by atoms with E-state index in [1.807, 2.05) is 0 Å². The van der Waals surface area contributed by atoms with Crippen LogP contribution in [0.1, 0.15) is 11.4 Å². The fraction of sp³-hybridized carbons (Fsp3) is 0.385. The van der Waals surface area contributed by atoms with Crippen molar-refractivity contribution in [1.82, 2.24) is 19.7 Å². The van der Waals surface area contributed by atoms with Crippen molar-refractivity contribution in [2.45, 2.75) is 25.6 Å². The molecule has 20 heavy (non-hydrogen) atoms. The molecular formula is C13H14F2N4O. The Kier molecular flexibility index (Phi) is 3.13. The number of fused-ring (bicyclic) bond motifs is 1. The third-order valence-corrected chi connectivity index (χ3v) is 3.34. The molecule has 1 aromatic carbocycles. The van der Waals surface area contributed by atoms with E-state index in [9.17, 15) is 13.6 Å². The first-order chi connectivity index (χ1) is 9.58. The van der Waals surface area contributed by atoms with Crippen molar-refractivity contribution in [2.24, 2.45) is 0 Å². The zero-order chi connectivity index (χ0) is 14.2. The van der Waals surface area contributed by atoms with Crippen LogP contribution in [0, 0.1) is 0 Å². The molecule has 0 saturated heterocycles. The first-order valence-corrected chi connectivity index (χ1v) is 6.38. The van der Waals surface area contributed by atoms with Crippen LogP contribution in [0.25, 0.3) is 0 Å². The highest BCUT2D eigenvalue weighted by Crippen LogP contribution is 2.28. The lowest BCUT2D eigenvalue weighted by molar-refractivity contribution is -0.0265. The van der Waals surface area contributed by atoms with E-state index in [2.05, 4.69) is 10.4 Å². The van der Waals surface area contributed by atoms with E-state index < -0.39 is 18.2 Å². The summed E-state index contributed by atoms with van der Waals surface area (Å²) in [6.45, 7) is 0.799. The lowest BCUT2D eigenvalue weighted by Crippen LogP contribution is -2.35. The van der Waals surface area contributed by atoms with Gasteiger partial charge in [-0.05, 0) is 0 Å². The van der Waals surface area contributed by atoms with Gasteiger partial charge in [-0.1, -0.05) is 30.3 Å². The Morgan fingerprint density at radius 2 is 2.05 bits per heavy atom. The van der Waals surface area contributed by atoms with Crippen molar-refractivity contribution in [3.05, 3.63) is 52.2 Å². The molecule has 0 bridgehead atoms. The molecule has 0 spiro atoms. The van der Waals surface area contributed by atoms with Crippen molar-refractivity contribution in [2.75, 3.05) is 6.54 Å². The predicted octanol–water partition coefficient (Wildman–Crippen LogP) is 0.940. The quantitative estimate of drug-likeness (QED) is 0.910. The van der Waals surface area contributed by atoms with Gasteiger partial charge in [-0.25, -0.2) is 9.48 Å². The summed E-state index contributed by atoms with van der Waals surface area (Å²) in [7, 11) is 0. The summed E-state index contributed by atoms with van der Waals surface area (Å²) in [5, 5.41) is 7.04. The van der Waals surface area contributed by atoms with Gasteiger partial charge in [0.05, 0.1) is 6.54 Å². The number of halogens is 2. The molecular weight excluding hydrogens is 266 g/mol. The molecule has 0 unspecified atom stereocenters. The molecule has 1 aliphatic rings. The molecule has 106 valence electrons. The van der Waals surface area contributed by atoms with Crippen LogP contribution in [0.3, 0.4) is 0 Å². The Morgan fingerprint density at radius 3 is 2.75 bits per heavy atom. The maximum absolute atomic E-state index is 14.2. The summed E-state index contributed by atoms with van der Waals surface area (Å²) in [4.78, 5) is 12.0. The van der Waals surface area contributed by atoms with Gasteiger partial charge >= 0.3 is 5.69 Å². The van der Waals surface area contributed by atoms with Crippen LogP contribution in [-0.4, -0.2) is 20.9 Å². The van der Waals surface area contributed by atoms with E-state index in [1.54, 1.807) is 18.2 Å². The second-order valence-electron chi connectivity index (χ2n) is 4.76. The van der Waals surface area contributed by atoms with E-state index in [0.29, 0.717) is 25.5 Å². The number of hydrogen-bond donors (Lipinski definition) is 1. The summed E-state index contributed by atoms with van der Waals surface area (Å²) in [6.07, 6.45) is 0. The Bertz CT molecular complexity index is 663. The molecule has 0 saturated carbocycles. The summed E-state index contributed by atoms with van der Waals surface area (Å²) in [5.74, 6) is -2.62. The predicted molar refractivity (Wildman–Crippen MR) is 68.5 cm³/mol. The average Bonchev–Trinajstić information content (AvgIpc) is 2.76. The number of aromatic nitrogens is 3. The largest absolute Gasteiger partial charge is 0.346 e. The third kappa shape index (κ3) is 2.24. The molecule has 0 aliphatic carbocycles. The Labute approximate surface area is 113 Å². The first-order valence-electron chi connectivity index (χ1n) is 6.38. The number of nitrogens with zero attached hydrogens (tertiary/aromatic N) is 3. The van der Waals surface area contributed by atoms with Gasteiger partial charge in [-0.15, -0.1) is 0 Å². The summed E-state index contributed by atoms with van der Waals surface area (Å²) in [6, 6.07) is 7.47. The van der Waals surface area contributed by atoms with Gasteiger partial charge in [-0.3, -0.25) is 4.57 Å². The van der Waals surface area contributed by atoms with Gasteiger partial charge in [0.25, 0.3) is 5.92 Å². The molecule has 2 aromatic rings. The smallest absolute Gasteiger partial charge is 0.308 e. The molecule has 5 nitrogen and oxygen atoms in total. The van der Waals surface area contributed by atoms with Crippen LogP contribution >= 0.6 is 0 Å². The summed E-state index contributed by atoms with van der Waals surface area (Å²) >= 11 is 0. The minimum absolute atomic E-state index is 0.115. The zero-order valence-electron chi connectivity index (χ0n) is 10.7. The van der Waals surface area contributed by atoms with E-state index in [1.165, 1.54) is 16.7 Å². The number of benzene rings is 1. The van der Waals surface area contributed by atoms with Crippen LogP contribution in [0.15, 0.2) is 35.1 Å². The van der Waals surface area contributed by atoms with Gasteiger partial charge in [0.15, 0.2) is 0 Å². The van der Waals surface area contributed by atoms with Crippen molar-refractivity contribution >= 4 is 0 Å². The van der Waals surface area contributed by atoms with Crippen LogP contribution in [0.4, 0.5) is 8.78 Å². The van der Waals surface area contributed by atoms with Gasteiger partial charge in [-0.2, -0.15) is 13.9 Å². The summed E-state index contributed by atoms with van der Waals surface area (Å²) < 4.78 is 30.6. The van der Waals surface area contributed by atoms with Crippen LogP contribution < -0.4 is 11.0 Å². The minimum atomic E-state index is -3.12. The van der Waals surface area contributed by atoms with E-state index in [0.717, 1.165) is 4.68 Å². The molecule has 0 fully saturated rings. The molecule has 0 atom stereocenters. The fourth-order valence-corrected chi connectivity index (χ4v) is 2.30. The van der Waals surface area contributed by atoms with Gasteiger partial charge in [0.1, 0.15) is 12.4 Å². The number of nitrogens with one attached hydrogen (secondary N) is 1. The van der Waals surface area contributed by atoms with E-state index >= 15 is 0 Å². The van der Waals surface area contributed by atoms with Crippen LogP contribution in [0.5, 0.6) is 0 Å². The first kappa shape index (κ1) is 13.0. The van der Waals surface area contributed by atoms with Crippen LogP contribution in [0.2, 0.25) is 0 Å². The highest BCUT2D eigenvalue weighted by molar-refractivity contribution is 5.19. The molecule has 2 heterocycles. The summed E-state index contributed by atoms with van der Waals surface area (Å²) in [5.41, 5.74) is -0.590. The fourth-order valence-electron chi connectivity index (χ4n) is 2.30. The van der Waals surface area contributed by atoms with Crippen molar-refractivity contribution in [3.63, 3.8) is 0 Å². The SMILES string of the molecule is O=c1n(CC(F)(F)c2ccccc2)nc2n1CCNC2. The Morgan fingerprint density at radius 1 is 1.30 bits per heavy atom. The van der Waals surface area contributed by atoms with Gasteiger partial charge < -0.3 is 5.32 Å². The lowest BCUT2D eigenvalue weighted by atomic mass is 10.1. The van der Waals surface area contributed by atoms with E-state index in [4.69, 9.17) is 0 Å². The third-order valence-electron chi connectivity index (χ3n) is 3.34. The zero-order valence-corrected chi connectivity index (χ0v) is 10.7. The molecule has 1 N–H and O–H groups in total. The number of alkyl halides is 2. The maximum atomic E-state index is 14.2. The highest BCUT2D eigenvalue weighted by Gasteiger charge is 2.34.